The Morgan fingerprint density at radius 2 is 2.04 bits per heavy atom. The molecule has 1 atom stereocenters. The van der Waals surface area contributed by atoms with Crippen molar-refractivity contribution in [3.63, 3.8) is 0 Å². The molecule has 1 aliphatic heterocycles. The fourth-order valence-electron chi connectivity index (χ4n) is 3.21. The summed E-state index contributed by atoms with van der Waals surface area (Å²) in [5, 5.41) is 8.17. The van der Waals surface area contributed by atoms with Crippen LogP contribution in [0, 0.1) is 5.92 Å². The van der Waals surface area contributed by atoms with E-state index in [9.17, 15) is 0 Å². The van der Waals surface area contributed by atoms with E-state index in [1.165, 1.54) is 12.8 Å². The number of hydrogen-bond donors (Lipinski definition) is 2. The number of ether oxygens (including phenoxy) is 1. The van der Waals surface area contributed by atoms with E-state index in [0.29, 0.717) is 16.0 Å². The molecule has 0 spiro atoms. The van der Waals surface area contributed by atoms with Crippen molar-refractivity contribution in [2.24, 2.45) is 10.9 Å². The average molecular weight is 529 g/mol. The number of rotatable bonds is 7. The number of methoxy groups -OCH3 is 1. The summed E-state index contributed by atoms with van der Waals surface area (Å²) in [6.07, 6.45) is 2.40. The molecule has 0 bridgehead atoms. The lowest BCUT2D eigenvalue weighted by Crippen LogP contribution is -2.44. The highest BCUT2D eigenvalue weighted by Crippen LogP contribution is 2.26. The van der Waals surface area contributed by atoms with Crippen LogP contribution < -0.4 is 10.6 Å². The van der Waals surface area contributed by atoms with Gasteiger partial charge in [0, 0.05) is 37.3 Å². The standard InChI is InChI=1S/C19H30Cl2N4O.HI/c1-14(17-5-4-16(20)12-18(17)21)24-19(22-2)23-13-15-6-8-25(9-7-15)10-11-26-3;/h4-5,12,14-15H,6-11,13H2,1-3H3,(H2,22,23,24);1H. The lowest BCUT2D eigenvalue weighted by atomic mass is 9.97. The minimum Gasteiger partial charge on any atom is -0.383 e. The Labute approximate surface area is 190 Å². The number of aliphatic imine (C=N–C) groups is 1. The Morgan fingerprint density at radius 1 is 1.33 bits per heavy atom. The van der Waals surface area contributed by atoms with Crippen LogP contribution in [0.5, 0.6) is 0 Å². The van der Waals surface area contributed by atoms with Gasteiger partial charge in [0.25, 0.3) is 0 Å². The molecule has 0 amide bonds. The third kappa shape index (κ3) is 8.31. The van der Waals surface area contributed by atoms with E-state index in [1.807, 2.05) is 12.1 Å². The Bertz CT molecular complexity index is 595. The van der Waals surface area contributed by atoms with Crippen molar-refractivity contribution in [1.82, 2.24) is 15.5 Å². The highest BCUT2D eigenvalue weighted by atomic mass is 127. The third-order valence-electron chi connectivity index (χ3n) is 4.88. The molecule has 1 fully saturated rings. The maximum absolute atomic E-state index is 6.30. The summed E-state index contributed by atoms with van der Waals surface area (Å²) in [5.74, 6) is 1.46. The molecular weight excluding hydrogens is 498 g/mol. The molecule has 1 unspecified atom stereocenters. The number of nitrogens with one attached hydrogen (secondary N) is 2. The molecule has 1 aromatic carbocycles. The van der Waals surface area contributed by atoms with Gasteiger partial charge in [-0.25, -0.2) is 0 Å². The number of likely N-dealkylation sites (tertiary alicyclic amines) is 1. The molecule has 0 saturated carbocycles. The van der Waals surface area contributed by atoms with Gasteiger partial charge in [0.2, 0.25) is 0 Å². The first-order valence-electron chi connectivity index (χ1n) is 9.17. The Hall–Kier alpha value is -0.280. The maximum Gasteiger partial charge on any atom is 0.191 e. The number of nitrogens with zero attached hydrogens (tertiary/aromatic N) is 2. The summed E-state index contributed by atoms with van der Waals surface area (Å²) in [5.41, 5.74) is 1.01. The molecule has 1 aliphatic rings. The lowest BCUT2D eigenvalue weighted by molar-refractivity contribution is 0.121. The average Bonchev–Trinajstić information content (AvgIpc) is 2.64. The first-order valence-corrected chi connectivity index (χ1v) is 9.92. The van der Waals surface area contributed by atoms with Crippen LogP contribution in [0.2, 0.25) is 10.0 Å². The van der Waals surface area contributed by atoms with Crippen molar-refractivity contribution < 1.29 is 4.74 Å². The second-order valence-corrected chi connectivity index (χ2v) is 7.61. The molecule has 1 aromatic rings. The van der Waals surface area contributed by atoms with Gasteiger partial charge >= 0.3 is 0 Å². The molecule has 5 nitrogen and oxygen atoms in total. The SMILES string of the molecule is CN=C(NCC1CCN(CCOC)CC1)NC(C)c1ccc(Cl)cc1Cl.I. The monoisotopic (exact) mass is 528 g/mol. The van der Waals surface area contributed by atoms with Crippen LogP contribution in [0.1, 0.15) is 31.4 Å². The molecule has 0 radical (unpaired) electrons. The van der Waals surface area contributed by atoms with Crippen LogP contribution >= 0.6 is 47.2 Å². The molecule has 1 heterocycles. The van der Waals surface area contributed by atoms with Crippen LogP contribution in [0.15, 0.2) is 23.2 Å². The third-order valence-corrected chi connectivity index (χ3v) is 5.45. The fraction of sp³-hybridized carbons (Fsp3) is 0.632. The minimum atomic E-state index is 0. The number of benzene rings is 1. The normalized spacial score (nSPS) is 17.3. The van der Waals surface area contributed by atoms with Crippen molar-refractivity contribution in [2.45, 2.75) is 25.8 Å². The summed E-state index contributed by atoms with van der Waals surface area (Å²) in [7, 11) is 3.55. The summed E-state index contributed by atoms with van der Waals surface area (Å²) in [6, 6.07) is 5.62. The molecule has 2 N–H and O–H groups in total. The van der Waals surface area contributed by atoms with Crippen molar-refractivity contribution in [1.29, 1.82) is 0 Å². The summed E-state index contributed by atoms with van der Waals surface area (Å²) >= 11 is 12.3. The van der Waals surface area contributed by atoms with Crippen LogP contribution in [-0.2, 0) is 4.74 Å². The maximum atomic E-state index is 6.30. The number of hydrogen-bond acceptors (Lipinski definition) is 3. The van der Waals surface area contributed by atoms with Crippen molar-refractivity contribution >= 4 is 53.1 Å². The van der Waals surface area contributed by atoms with Crippen molar-refractivity contribution in [2.75, 3.05) is 46.9 Å². The van der Waals surface area contributed by atoms with Crippen molar-refractivity contribution in [3.05, 3.63) is 33.8 Å². The molecule has 8 heteroatoms. The van der Waals surface area contributed by atoms with Crippen molar-refractivity contribution in [3.8, 4) is 0 Å². The van der Waals surface area contributed by atoms with Crippen LogP contribution in [0.4, 0.5) is 0 Å². The largest absolute Gasteiger partial charge is 0.383 e. The van der Waals surface area contributed by atoms with Gasteiger partial charge in [0.15, 0.2) is 5.96 Å². The van der Waals surface area contributed by atoms with E-state index in [2.05, 4.69) is 27.4 Å². The summed E-state index contributed by atoms with van der Waals surface area (Å²) in [6.45, 7) is 7.11. The van der Waals surface area contributed by atoms with E-state index in [4.69, 9.17) is 27.9 Å². The topological polar surface area (TPSA) is 48.9 Å². The fourth-order valence-corrected chi connectivity index (χ4v) is 3.78. The minimum absolute atomic E-state index is 0. The molecule has 0 aliphatic carbocycles. The number of guanidine groups is 1. The highest BCUT2D eigenvalue weighted by molar-refractivity contribution is 14.0. The van der Waals surface area contributed by atoms with Crippen LogP contribution in [0.25, 0.3) is 0 Å². The first kappa shape index (κ1) is 24.8. The van der Waals surface area contributed by atoms with Gasteiger partial charge in [-0.3, -0.25) is 4.99 Å². The second-order valence-electron chi connectivity index (χ2n) is 6.76. The zero-order valence-corrected chi connectivity index (χ0v) is 20.1. The molecule has 2 rings (SSSR count). The van der Waals surface area contributed by atoms with Gasteiger partial charge in [-0.05, 0) is 56.5 Å². The molecule has 154 valence electrons. The summed E-state index contributed by atoms with van der Waals surface area (Å²) in [4.78, 5) is 6.81. The highest BCUT2D eigenvalue weighted by Gasteiger charge is 2.19. The van der Waals surface area contributed by atoms with Crippen LogP contribution in [-0.4, -0.2) is 57.8 Å². The second kappa shape index (κ2) is 13.0. The zero-order chi connectivity index (χ0) is 18.9. The first-order chi connectivity index (χ1) is 12.5. The smallest absolute Gasteiger partial charge is 0.191 e. The lowest BCUT2D eigenvalue weighted by Gasteiger charge is -2.32. The van der Waals surface area contributed by atoms with Gasteiger partial charge < -0.3 is 20.3 Å². The molecule has 1 saturated heterocycles. The van der Waals surface area contributed by atoms with Gasteiger partial charge in [-0.1, -0.05) is 29.3 Å². The molecule has 27 heavy (non-hydrogen) atoms. The van der Waals surface area contributed by atoms with E-state index in [-0.39, 0.29) is 30.0 Å². The van der Waals surface area contributed by atoms with E-state index < -0.39 is 0 Å². The van der Waals surface area contributed by atoms with Gasteiger partial charge in [-0.15, -0.1) is 24.0 Å². The zero-order valence-electron chi connectivity index (χ0n) is 16.3. The van der Waals surface area contributed by atoms with E-state index in [1.54, 1.807) is 20.2 Å². The van der Waals surface area contributed by atoms with Crippen LogP contribution in [0.3, 0.4) is 0 Å². The van der Waals surface area contributed by atoms with Gasteiger partial charge in [0.1, 0.15) is 0 Å². The predicted octanol–water partition coefficient (Wildman–Crippen LogP) is 4.20. The number of piperidine rings is 1. The number of halogens is 3. The molecule has 0 aromatic heterocycles. The quantitative estimate of drug-likeness (QED) is 0.316. The van der Waals surface area contributed by atoms with Gasteiger partial charge in [-0.2, -0.15) is 0 Å². The van der Waals surface area contributed by atoms with Gasteiger partial charge in [0.05, 0.1) is 12.6 Å². The summed E-state index contributed by atoms with van der Waals surface area (Å²) < 4.78 is 5.16. The van der Waals surface area contributed by atoms with E-state index >= 15 is 0 Å². The molecular formula is C19H31Cl2IN4O. The Morgan fingerprint density at radius 3 is 2.63 bits per heavy atom. The Balaban J connectivity index is 0.00000364. The predicted molar refractivity (Wildman–Crippen MR) is 126 cm³/mol. The van der Waals surface area contributed by atoms with E-state index in [0.717, 1.165) is 44.3 Å². The Kier molecular flexibility index (Phi) is 12.0.